The molecule has 0 spiro atoms. The number of hydrogen-bond acceptors (Lipinski definition) is 7. The summed E-state index contributed by atoms with van der Waals surface area (Å²) in [5, 5.41) is 1.84. The summed E-state index contributed by atoms with van der Waals surface area (Å²) in [5.74, 6) is 4.75. The maximum absolute atomic E-state index is 12.6. The second-order valence-electron chi connectivity index (χ2n) is 2.96. The third kappa shape index (κ3) is 3.09. The van der Waals surface area contributed by atoms with Crippen molar-refractivity contribution in [2.75, 3.05) is 5.43 Å². The summed E-state index contributed by atoms with van der Waals surface area (Å²) in [6, 6.07) is 0.854. The lowest BCUT2D eigenvalue weighted by Gasteiger charge is -2.08. The van der Waals surface area contributed by atoms with Gasteiger partial charge in [0.2, 0.25) is 5.95 Å². The largest absolute Gasteiger partial charge is 0.433 e. The summed E-state index contributed by atoms with van der Waals surface area (Å²) in [7, 11) is 0. The Bertz CT molecular complexity index is 528. The molecule has 0 atom stereocenters. The number of hydrazine groups is 1. The number of aromatic nitrogens is 3. The number of nitrogens with zero attached hydrogens (tertiary/aromatic N) is 3. The number of nitrogens with one attached hydrogen (secondary N) is 1. The molecule has 96 valence electrons. The molecule has 0 saturated carbocycles. The fourth-order valence-electron chi connectivity index (χ4n) is 1.04. The van der Waals surface area contributed by atoms with Crippen LogP contribution in [0.3, 0.4) is 0 Å². The van der Waals surface area contributed by atoms with Crippen molar-refractivity contribution in [3.63, 3.8) is 0 Å². The zero-order valence-corrected chi connectivity index (χ0v) is 10.2. The van der Waals surface area contributed by atoms with Crippen LogP contribution in [0.5, 0.6) is 0 Å². The van der Waals surface area contributed by atoms with Gasteiger partial charge in [-0.05, 0) is 11.8 Å². The van der Waals surface area contributed by atoms with Gasteiger partial charge in [-0.25, -0.2) is 20.8 Å². The Morgan fingerprint density at radius 1 is 1.33 bits per heavy atom. The number of hydrogen-bond donors (Lipinski definition) is 2. The van der Waals surface area contributed by atoms with Crippen molar-refractivity contribution in [1.82, 2.24) is 15.0 Å². The van der Waals surface area contributed by atoms with E-state index in [0.29, 0.717) is 4.34 Å². The van der Waals surface area contributed by atoms with Crippen LogP contribution in [-0.4, -0.2) is 15.0 Å². The van der Waals surface area contributed by atoms with Crippen LogP contribution in [0.25, 0.3) is 0 Å². The van der Waals surface area contributed by atoms with Crippen LogP contribution in [0.4, 0.5) is 19.1 Å². The minimum Gasteiger partial charge on any atom is -0.292 e. The predicted molar refractivity (Wildman–Crippen MR) is 61.1 cm³/mol. The summed E-state index contributed by atoms with van der Waals surface area (Å²) in [6.07, 6.45) is -2.99. The lowest BCUT2D eigenvalue weighted by atomic mass is 10.4. The highest BCUT2D eigenvalue weighted by Gasteiger charge is 2.33. The monoisotopic (exact) mass is 293 g/mol. The highest BCUT2D eigenvalue weighted by atomic mass is 32.2. The first-order valence-corrected chi connectivity index (χ1v) is 6.19. The van der Waals surface area contributed by atoms with Gasteiger partial charge in [0.1, 0.15) is 5.03 Å². The average molecular weight is 293 g/mol. The van der Waals surface area contributed by atoms with Crippen molar-refractivity contribution >= 4 is 29.0 Å². The molecule has 0 amide bonds. The first kappa shape index (κ1) is 13.1. The van der Waals surface area contributed by atoms with Crippen LogP contribution in [0.2, 0.25) is 0 Å². The van der Waals surface area contributed by atoms with E-state index in [-0.39, 0.29) is 11.0 Å². The molecule has 2 aromatic rings. The first-order valence-electron chi connectivity index (χ1n) is 4.49. The van der Waals surface area contributed by atoms with Gasteiger partial charge >= 0.3 is 6.18 Å². The number of nitrogen functional groups attached to an aromatic ring is 1. The molecular formula is C8H6F3N5S2. The summed E-state index contributed by atoms with van der Waals surface area (Å²) < 4.78 is 38.3. The topological polar surface area (TPSA) is 76.7 Å². The van der Waals surface area contributed by atoms with E-state index in [0.717, 1.165) is 17.8 Å². The summed E-state index contributed by atoms with van der Waals surface area (Å²) in [5.41, 5.74) is 0.956. The normalized spacial score (nSPS) is 11.6. The standard InChI is InChI=1S/C8H6F3N5S2/c9-8(10,11)4-3-5(15-6(14-4)16-12)18-7-13-1-2-17-7/h1-3H,12H2,(H,14,15,16). The highest BCUT2D eigenvalue weighted by molar-refractivity contribution is 8.01. The van der Waals surface area contributed by atoms with Crippen LogP contribution in [0.15, 0.2) is 27.0 Å². The Hall–Kier alpha value is -1.39. The Morgan fingerprint density at radius 3 is 2.67 bits per heavy atom. The zero-order chi connectivity index (χ0) is 13.2. The van der Waals surface area contributed by atoms with E-state index in [2.05, 4.69) is 15.0 Å². The molecule has 0 aliphatic heterocycles. The molecule has 0 aliphatic rings. The van der Waals surface area contributed by atoms with Crippen molar-refractivity contribution < 1.29 is 13.2 Å². The Labute approximate surface area is 108 Å². The summed E-state index contributed by atoms with van der Waals surface area (Å²) in [6.45, 7) is 0. The molecule has 0 aromatic carbocycles. The molecule has 0 fully saturated rings. The second kappa shape index (κ2) is 5.08. The van der Waals surface area contributed by atoms with Gasteiger partial charge in [0.05, 0.1) is 0 Å². The van der Waals surface area contributed by atoms with Gasteiger partial charge in [-0.1, -0.05) is 0 Å². The molecule has 3 N–H and O–H groups in total. The van der Waals surface area contributed by atoms with E-state index >= 15 is 0 Å². The summed E-state index contributed by atoms with van der Waals surface area (Å²) >= 11 is 2.32. The minimum absolute atomic E-state index is 0.125. The van der Waals surface area contributed by atoms with Crippen molar-refractivity contribution in [3.05, 3.63) is 23.3 Å². The molecule has 0 aliphatic carbocycles. The van der Waals surface area contributed by atoms with Crippen LogP contribution in [0.1, 0.15) is 5.69 Å². The number of alkyl halides is 3. The van der Waals surface area contributed by atoms with E-state index in [1.807, 2.05) is 5.43 Å². The van der Waals surface area contributed by atoms with Gasteiger partial charge < -0.3 is 0 Å². The second-order valence-corrected chi connectivity index (χ2v) is 5.12. The van der Waals surface area contributed by atoms with E-state index in [9.17, 15) is 13.2 Å². The molecule has 0 unspecified atom stereocenters. The average Bonchev–Trinajstić information content (AvgIpc) is 2.80. The zero-order valence-electron chi connectivity index (χ0n) is 8.60. The highest BCUT2D eigenvalue weighted by Crippen LogP contribution is 2.33. The number of thiazole rings is 1. The Balaban J connectivity index is 2.35. The third-order valence-electron chi connectivity index (χ3n) is 1.72. The molecule has 2 aromatic heterocycles. The smallest absolute Gasteiger partial charge is 0.292 e. The number of nitrogens with two attached hydrogens (primary N) is 1. The predicted octanol–water partition coefficient (Wildman–Crippen LogP) is 2.39. The van der Waals surface area contributed by atoms with E-state index in [4.69, 9.17) is 5.84 Å². The molecule has 5 nitrogen and oxygen atoms in total. The van der Waals surface area contributed by atoms with Gasteiger partial charge in [-0.15, -0.1) is 11.3 Å². The molecular weight excluding hydrogens is 287 g/mol. The Kier molecular flexibility index (Phi) is 3.68. The van der Waals surface area contributed by atoms with Crippen LogP contribution >= 0.6 is 23.1 Å². The van der Waals surface area contributed by atoms with Crippen LogP contribution < -0.4 is 11.3 Å². The molecule has 18 heavy (non-hydrogen) atoms. The number of anilines is 1. The fourth-order valence-corrected chi connectivity index (χ4v) is 2.61. The molecule has 2 rings (SSSR count). The van der Waals surface area contributed by atoms with Gasteiger partial charge in [0, 0.05) is 17.6 Å². The van der Waals surface area contributed by atoms with E-state index < -0.39 is 11.9 Å². The lowest BCUT2D eigenvalue weighted by Crippen LogP contribution is -2.15. The van der Waals surface area contributed by atoms with Crippen molar-refractivity contribution in [1.29, 1.82) is 0 Å². The minimum atomic E-state index is -4.55. The van der Waals surface area contributed by atoms with Crippen molar-refractivity contribution in [3.8, 4) is 0 Å². The number of halogens is 3. The number of rotatable bonds is 3. The first-order chi connectivity index (χ1) is 8.49. The maximum Gasteiger partial charge on any atom is 0.433 e. The van der Waals surface area contributed by atoms with Crippen molar-refractivity contribution in [2.45, 2.75) is 15.5 Å². The van der Waals surface area contributed by atoms with Gasteiger partial charge in [0.25, 0.3) is 0 Å². The molecule has 0 bridgehead atoms. The van der Waals surface area contributed by atoms with Gasteiger partial charge in [0.15, 0.2) is 10.0 Å². The summed E-state index contributed by atoms with van der Waals surface area (Å²) in [4.78, 5) is 11.0. The van der Waals surface area contributed by atoms with E-state index in [1.54, 1.807) is 11.6 Å². The van der Waals surface area contributed by atoms with E-state index in [1.165, 1.54) is 11.3 Å². The SMILES string of the molecule is NNc1nc(Sc2nccs2)cc(C(F)(F)F)n1. The Morgan fingerprint density at radius 2 is 2.11 bits per heavy atom. The molecule has 0 saturated heterocycles. The maximum atomic E-state index is 12.6. The van der Waals surface area contributed by atoms with Crippen LogP contribution in [-0.2, 0) is 6.18 Å². The van der Waals surface area contributed by atoms with Gasteiger partial charge in [-0.3, -0.25) is 5.43 Å². The third-order valence-corrected chi connectivity index (χ3v) is 3.53. The molecule has 2 heterocycles. The van der Waals surface area contributed by atoms with Crippen LogP contribution in [0, 0.1) is 0 Å². The fraction of sp³-hybridized carbons (Fsp3) is 0.125. The quantitative estimate of drug-likeness (QED) is 0.514. The van der Waals surface area contributed by atoms with Gasteiger partial charge in [-0.2, -0.15) is 13.2 Å². The molecule has 0 radical (unpaired) electrons. The van der Waals surface area contributed by atoms with Crippen molar-refractivity contribution in [2.24, 2.45) is 5.84 Å². The lowest BCUT2D eigenvalue weighted by molar-refractivity contribution is -0.141. The molecule has 10 heteroatoms.